The molecule has 1 heterocycles. The molecule has 3 aromatic rings. The van der Waals surface area contributed by atoms with Crippen molar-refractivity contribution in [2.45, 2.75) is 51.2 Å². The monoisotopic (exact) mass is 408 g/mol. The molecule has 0 spiro atoms. The van der Waals surface area contributed by atoms with Crippen LogP contribution < -0.4 is 5.32 Å². The predicted octanol–water partition coefficient (Wildman–Crippen LogP) is 4.94. The van der Waals surface area contributed by atoms with Crippen molar-refractivity contribution in [2.75, 3.05) is 11.1 Å². The van der Waals surface area contributed by atoms with Crippen molar-refractivity contribution in [3.8, 4) is 0 Å². The maximum atomic E-state index is 12.3. The van der Waals surface area contributed by atoms with E-state index in [1.807, 2.05) is 18.2 Å². The Hall–Kier alpha value is -2.60. The van der Waals surface area contributed by atoms with Crippen molar-refractivity contribution < 1.29 is 4.79 Å². The van der Waals surface area contributed by atoms with E-state index < -0.39 is 0 Å². The molecule has 0 aliphatic rings. The highest BCUT2D eigenvalue weighted by Gasteiger charge is 2.13. The Morgan fingerprint density at radius 1 is 1.03 bits per heavy atom. The molecule has 0 bridgehead atoms. The van der Waals surface area contributed by atoms with Crippen LogP contribution in [0.3, 0.4) is 0 Å². The molecule has 0 saturated heterocycles. The second-order valence-corrected chi connectivity index (χ2v) is 8.18. The molecule has 1 aromatic heterocycles. The smallest absolute Gasteiger partial charge is 0.234 e. The first-order chi connectivity index (χ1) is 14.1. The lowest BCUT2D eigenvalue weighted by Gasteiger charge is -2.09. The van der Waals surface area contributed by atoms with Crippen LogP contribution in [-0.2, 0) is 24.2 Å². The maximum Gasteiger partial charge on any atom is 0.234 e. The van der Waals surface area contributed by atoms with Gasteiger partial charge in [-0.3, -0.25) is 4.79 Å². The lowest BCUT2D eigenvalue weighted by Crippen LogP contribution is -2.14. The third kappa shape index (κ3) is 5.94. The quantitative estimate of drug-likeness (QED) is 0.510. The molecular weight excluding hydrogens is 380 g/mol. The summed E-state index contributed by atoms with van der Waals surface area (Å²) >= 11 is 1.43. The summed E-state index contributed by atoms with van der Waals surface area (Å²) in [6.07, 6.45) is 1.76. The summed E-state index contributed by atoms with van der Waals surface area (Å²) in [5, 5.41) is 12.4. The third-order valence-corrected chi connectivity index (χ3v) is 5.75. The van der Waals surface area contributed by atoms with Gasteiger partial charge in [0, 0.05) is 18.7 Å². The number of nitrogens with zero attached hydrogens (tertiary/aromatic N) is 3. The highest BCUT2D eigenvalue weighted by molar-refractivity contribution is 7.99. The second kappa shape index (κ2) is 10.3. The number of anilines is 1. The molecule has 1 N–H and O–H groups in total. The van der Waals surface area contributed by atoms with E-state index >= 15 is 0 Å². The molecular formula is C23H28N4OS. The van der Waals surface area contributed by atoms with Crippen molar-refractivity contribution >= 4 is 23.4 Å². The van der Waals surface area contributed by atoms with Crippen molar-refractivity contribution in [3.05, 3.63) is 71.5 Å². The average molecular weight is 409 g/mol. The van der Waals surface area contributed by atoms with Gasteiger partial charge in [0.2, 0.25) is 5.91 Å². The zero-order valence-electron chi connectivity index (χ0n) is 17.3. The molecule has 0 aliphatic heterocycles. The molecule has 152 valence electrons. The van der Waals surface area contributed by atoms with Crippen LogP contribution in [0, 0.1) is 0 Å². The standard InChI is InChI=1S/C23H28N4OS/c1-4-27-21(15-10-18-8-6-5-7-9-18)25-26-23(27)29-16-22(28)24-20-13-11-19(12-14-20)17(2)3/h5-9,11-14,17H,4,10,15-16H2,1-3H3,(H,24,28). The van der Waals surface area contributed by atoms with E-state index in [1.165, 1.54) is 22.9 Å². The van der Waals surface area contributed by atoms with Gasteiger partial charge in [-0.25, -0.2) is 0 Å². The summed E-state index contributed by atoms with van der Waals surface area (Å²) in [7, 11) is 0. The van der Waals surface area contributed by atoms with Crippen molar-refractivity contribution in [1.29, 1.82) is 0 Å². The van der Waals surface area contributed by atoms with E-state index in [9.17, 15) is 4.79 Å². The number of aromatic nitrogens is 3. The zero-order valence-corrected chi connectivity index (χ0v) is 18.1. The van der Waals surface area contributed by atoms with E-state index in [0.717, 1.165) is 36.1 Å². The van der Waals surface area contributed by atoms with Gasteiger partial charge < -0.3 is 9.88 Å². The Balaban J connectivity index is 1.54. The predicted molar refractivity (Wildman–Crippen MR) is 119 cm³/mol. The number of nitrogens with one attached hydrogen (secondary N) is 1. The molecule has 2 aromatic carbocycles. The van der Waals surface area contributed by atoms with Crippen molar-refractivity contribution in [1.82, 2.24) is 14.8 Å². The minimum atomic E-state index is -0.0382. The summed E-state index contributed by atoms with van der Waals surface area (Å²) in [4.78, 5) is 12.3. The van der Waals surface area contributed by atoms with E-state index in [2.05, 4.69) is 77.3 Å². The Morgan fingerprint density at radius 3 is 2.41 bits per heavy atom. The molecule has 0 atom stereocenters. The Kier molecular flexibility index (Phi) is 7.47. The first-order valence-electron chi connectivity index (χ1n) is 10.1. The molecule has 5 nitrogen and oxygen atoms in total. The molecule has 0 saturated carbocycles. The van der Waals surface area contributed by atoms with Gasteiger partial charge in [-0.05, 0) is 42.5 Å². The second-order valence-electron chi connectivity index (χ2n) is 7.24. The molecule has 0 radical (unpaired) electrons. The number of carbonyl (C=O) groups excluding carboxylic acids is 1. The Morgan fingerprint density at radius 2 is 1.76 bits per heavy atom. The summed E-state index contributed by atoms with van der Waals surface area (Å²) in [5.41, 5.74) is 3.37. The first kappa shape index (κ1) is 21.1. The SMILES string of the molecule is CCn1c(CCc2ccccc2)nnc1SCC(=O)Nc1ccc(C(C)C)cc1. The fourth-order valence-electron chi connectivity index (χ4n) is 3.11. The van der Waals surface area contributed by atoms with Gasteiger partial charge in [-0.2, -0.15) is 0 Å². The lowest BCUT2D eigenvalue weighted by atomic mass is 10.0. The third-order valence-electron chi connectivity index (χ3n) is 4.78. The van der Waals surface area contributed by atoms with Crippen LogP contribution in [0.1, 0.15) is 43.6 Å². The number of thioether (sulfide) groups is 1. The van der Waals surface area contributed by atoms with Crippen LogP contribution >= 0.6 is 11.8 Å². The molecule has 0 aliphatic carbocycles. The highest BCUT2D eigenvalue weighted by Crippen LogP contribution is 2.20. The number of hydrogen-bond acceptors (Lipinski definition) is 4. The minimum Gasteiger partial charge on any atom is -0.325 e. The van der Waals surface area contributed by atoms with E-state index in [-0.39, 0.29) is 5.91 Å². The molecule has 1 amide bonds. The van der Waals surface area contributed by atoms with Crippen LogP contribution in [-0.4, -0.2) is 26.4 Å². The Bertz CT molecular complexity index is 920. The van der Waals surface area contributed by atoms with E-state index in [4.69, 9.17) is 0 Å². The van der Waals surface area contributed by atoms with Crippen LogP contribution in [0.25, 0.3) is 0 Å². The topological polar surface area (TPSA) is 59.8 Å². The van der Waals surface area contributed by atoms with Crippen LogP contribution in [0.15, 0.2) is 59.8 Å². The number of rotatable bonds is 9. The number of benzene rings is 2. The number of hydrogen-bond donors (Lipinski definition) is 1. The van der Waals surface area contributed by atoms with E-state index in [0.29, 0.717) is 11.7 Å². The molecule has 3 rings (SSSR count). The first-order valence-corrected chi connectivity index (χ1v) is 11.0. The van der Waals surface area contributed by atoms with Crippen molar-refractivity contribution in [2.24, 2.45) is 0 Å². The van der Waals surface area contributed by atoms with Gasteiger partial charge in [0.1, 0.15) is 5.82 Å². The molecule has 29 heavy (non-hydrogen) atoms. The van der Waals surface area contributed by atoms with Gasteiger partial charge in [-0.15, -0.1) is 10.2 Å². The summed E-state index contributed by atoms with van der Waals surface area (Å²) < 4.78 is 2.10. The molecule has 0 unspecified atom stereocenters. The van der Waals surface area contributed by atoms with E-state index in [1.54, 1.807) is 0 Å². The van der Waals surface area contributed by atoms with Gasteiger partial charge in [0.25, 0.3) is 0 Å². The largest absolute Gasteiger partial charge is 0.325 e. The number of aryl methyl sites for hydroxylation is 2. The summed E-state index contributed by atoms with van der Waals surface area (Å²) in [6, 6.07) is 18.4. The van der Waals surface area contributed by atoms with Crippen LogP contribution in [0.4, 0.5) is 5.69 Å². The fourth-order valence-corrected chi connectivity index (χ4v) is 3.93. The summed E-state index contributed by atoms with van der Waals surface area (Å²) in [5.74, 6) is 1.71. The summed E-state index contributed by atoms with van der Waals surface area (Å²) in [6.45, 7) is 7.18. The average Bonchev–Trinajstić information content (AvgIpc) is 3.13. The van der Waals surface area contributed by atoms with Crippen LogP contribution in [0.5, 0.6) is 0 Å². The maximum absolute atomic E-state index is 12.3. The Labute approximate surface area is 176 Å². The molecule has 0 fully saturated rings. The minimum absolute atomic E-state index is 0.0382. The lowest BCUT2D eigenvalue weighted by molar-refractivity contribution is -0.113. The van der Waals surface area contributed by atoms with Gasteiger partial charge in [-0.1, -0.05) is 68.1 Å². The number of carbonyl (C=O) groups is 1. The van der Waals surface area contributed by atoms with Crippen molar-refractivity contribution in [3.63, 3.8) is 0 Å². The normalized spacial score (nSPS) is 11.0. The van der Waals surface area contributed by atoms with Crippen LogP contribution in [0.2, 0.25) is 0 Å². The van der Waals surface area contributed by atoms with Gasteiger partial charge >= 0.3 is 0 Å². The zero-order chi connectivity index (χ0) is 20.6. The van der Waals surface area contributed by atoms with Gasteiger partial charge in [0.15, 0.2) is 5.16 Å². The number of amides is 1. The van der Waals surface area contributed by atoms with Gasteiger partial charge in [0.05, 0.1) is 5.75 Å². The molecule has 6 heteroatoms. The fraction of sp³-hybridized carbons (Fsp3) is 0.348. The highest BCUT2D eigenvalue weighted by atomic mass is 32.2.